The monoisotopic (exact) mass is 349 g/mol. The normalized spacial score (nSPS) is 26.9. The van der Waals surface area contributed by atoms with Gasteiger partial charge in [-0.25, -0.2) is 12.6 Å². The second-order valence-electron chi connectivity index (χ2n) is 5.77. The number of hydrogen-bond donors (Lipinski definition) is 0. The molecule has 0 saturated carbocycles. The van der Waals surface area contributed by atoms with Gasteiger partial charge in [-0.15, -0.1) is 0 Å². The second-order valence-corrected chi connectivity index (χ2v) is 8.84. The first-order valence-corrected chi connectivity index (χ1v) is 9.73. The van der Waals surface area contributed by atoms with Gasteiger partial charge in [0.15, 0.2) is 0 Å². The van der Waals surface area contributed by atoms with Crippen molar-refractivity contribution in [2.45, 2.75) is 30.4 Å². The summed E-state index contributed by atoms with van der Waals surface area (Å²) in [6, 6.07) is 13.6. The van der Waals surface area contributed by atoms with E-state index in [1.807, 2.05) is 31.2 Å². The number of fused-ring (bicyclic) bond motifs is 3. The average Bonchev–Trinajstić information content (AvgIpc) is 3.02. The Bertz CT molecular complexity index is 893. The highest BCUT2D eigenvalue weighted by molar-refractivity contribution is 7.99. The summed E-state index contributed by atoms with van der Waals surface area (Å²) < 4.78 is 44.7. The molecule has 0 radical (unpaired) electrons. The molecule has 0 bridgehead atoms. The van der Waals surface area contributed by atoms with Crippen LogP contribution in [0.1, 0.15) is 22.7 Å². The molecule has 5 nitrogen and oxygen atoms in total. The van der Waals surface area contributed by atoms with Crippen molar-refractivity contribution in [2.24, 2.45) is 0 Å². The van der Waals surface area contributed by atoms with Gasteiger partial charge in [0.2, 0.25) is 0 Å². The predicted octanol–water partition coefficient (Wildman–Crippen LogP) is 2.26. The van der Waals surface area contributed by atoms with E-state index in [1.165, 1.54) is 12.1 Å². The Morgan fingerprint density at radius 3 is 2.57 bits per heavy atom. The van der Waals surface area contributed by atoms with Gasteiger partial charge in [-0.05, 0) is 30.2 Å². The molecule has 2 aliphatic rings. The number of aryl methyl sites for hydroxylation is 1. The topological polar surface area (TPSA) is 63.7 Å². The number of rotatable bonds is 2. The van der Waals surface area contributed by atoms with Crippen molar-refractivity contribution in [3.8, 4) is 0 Å². The van der Waals surface area contributed by atoms with Crippen LogP contribution in [0.25, 0.3) is 0 Å². The van der Waals surface area contributed by atoms with E-state index in [0.717, 1.165) is 20.4 Å². The Labute approximate surface area is 137 Å². The first kappa shape index (κ1) is 15.0. The molecule has 0 N–H and O–H groups in total. The molecule has 2 aromatic rings. The highest BCUT2D eigenvalue weighted by Gasteiger charge is 2.52. The summed E-state index contributed by atoms with van der Waals surface area (Å²) in [5, 5.41) is 0. The largest absolute Gasteiger partial charge is 0.272 e. The third-order valence-electron chi connectivity index (χ3n) is 4.28. The van der Waals surface area contributed by atoms with Crippen LogP contribution in [0.3, 0.4) is 0 Å². The molecule has 0 aromatic heterocycles. The summed E-state index contributed by atoms with van der Waals surface area (Å²) in [7, 11) is -3.89. The summed E-state index contributed by atoms with van der Waals surface area (Å²) >= 11 is -2.01. The molecule has 4 rings (SSSR count). The third kappa shape index (κ3) is 2.27. The Hall–Kier alpha value is -1.54. The van der Waals surface area contributed by atoms with Crippen LogP contribution in [0.4, 0.5) is 0 Å². The van der Waals surface area contributed by atoms with Crippen molar-refractivity contribution in [1.29, 1.82) is 0 Å². The van der Waals surface area contributed by atoms with Gasteiger partial charge in [0.25, 0.3) is 21.3 Å². The first-order valence-electron chi connectivity index (χ1n) is 7.26. The zero-order valence-electron chi connectivity index (χ0n) is 12.4. The second kappa shape index (κ2) is 5.24. The third-order valence-corrected chi connectivity index (χ3v) is 7.74. The zero-order chi connectivity index (χ0) is 16.2. The zero-order valence-corrected chi connectivity index (χ0v) is 14.0. The van der Waals surface area contributed by atoms with E-state index in [2.05, 4.69) is 0 Å². The maximum Gasteiger partial charge on any atom is 0.256 e. The van der Waals surface area contributed by atoms with E-state index < -0.39 is 33.4 Å². The van der Waals surface area contributed by atoms with E-state index in [4.69, 9.17) is 4.18 Å². The van der Waals surface area contributed by atoms with Crippen LogP contribution in [0.2, 0.25) is 0 Å². The molecular formula is C16H15NO4S2. The lowest BCUT2D eigenvalue weighted by atomic mass is 10.1. The Kier molecular flexibility index (Phi) is 3.42. The molecule has 0 spiro atoms. The van der Waals surface area contributed by atoms with Gasteiger partial charge < -0.3 is 0 Å². The molecule has 120 valence electrons. The van der Waals surface area contributed by atoms with E-state index in [0.29, 0.717) is 6.42 Å². The minimum atomic E-state index is -3.89. The molecule has 1 aliphatic carbocycles. The number of hydrogen-bond acceptors (Lipinski definition) is 4. The van der Waals surface area contributed by atoms with E-state index in [-0.39, 0.29) is 4.90 Å². The van der Waals surface area contributed by atoms with Crippen LogP contribution in [0, 0.1) is 6.92 Å². The van der Waals surface area contributed by atoms with Crippen LogP contribution in [0.5, 0.6) is 0 Å². The quantitative estimate of drug-likeness (QED) is 0.834. The van der Waals surface area contributed by atoms with Gasteiger partial charge in [-0.2, -0.15) is 0 Å². The van der Waals surface area contributed by atoms with Crippen LogP contribution in [-0.4, -0.2) is 22.4 Å². The molecule has 1 aliphatic heterocycles. The summed E-state index contributed by atoms with van der Waals surface area (Å²) in [6.45, 7) is 1.89. The van der Waals surface area contributed by atoms with E-state index >= 15 is 0 Å². The minimum absolute atomic E-state index is 0.130. The SMILES string of the molecule is Cc1ccc(S(=O)(=O)N2C3c4ccccc4CC3OS2=O)cc1. The summed E-state index contributed by atoms with van der Waals surface area (Å²) in [4.78, 5) is 0.130. The van der Waals surface area contributed by atoms with Gasteiger partial charge >= 0.3 is 0 Å². The molecule has 7 heteroatoms. The molecule has 1 fully saturated rings. The Morgan fingerprint density at radius 2 is 1.83 bits per heavy atom. The van der Waals surface area contributed by atoms with Gasteiger partial charge in [0, 0.05) is 6.42 Å². The number of benzene rings is 2. The molecule has 0 amide bonds. The number of nitrogens with zero attached hydrogens (tertiary/aromatic N) is 1. The molecule has 23 heavy (non-hydrogen) atoms. The first-order chi connectivity index (χ1) is 11.0. The van der Waals surface area contributed by atoms with Crippen molar-refractivity contribution in [3.63, 3.8) is 0 Å². The molecule has 1 saturated heterocycles. The lowest BCUT2D eigenvalue weighted by Gasteiger charge is -2.20. The summed E-state index contributed by atoms with van der Waals surface area (Å²) in [5.74, 6) is 0. The fourth-order valence-corrected chi connectivity index (χ4v) is 6.30. The maximum absolute atomic E-state index is 13.0. The molecule has 2 aromatic carbocycles. The van der Waals surface area contributed by atoms with Crippen molar-refractivity contribution in [3.05, 3.63) is 65.2 Å². The smallest absolute Gasteiger partial charge is 0.256 e. The van der Waals surface area contributed by atoms with Crippen LogP contribution < -0.4 is 0 Å². The lowest BCUT2D eigenvalue weighted by molar-refractivity contribution is 0.230. The van der Waals surface area contributed by atoms with Crippen molar-refractivity contribution >= 4 is 21.3 Å². The van der Waals surface area contributed by atoms with Gasteiger partial charge in [0.1, 0.15) is 6.10 Å². The van der Waals surface area contributed by atoms with Crippen LogP contribution in [0.15, 0.2) is 53.4 Å². The standard InChI is InChI=1S/C16H15NO4S2/c1-11-6-8-13(9-7-11)23(19,20)17-16-14-5-3-2-4-12(14)10-15(16)21-22(17)18/h2-9,15-16H,10H2,1H3. The fraction of sp³-hybridized carbons (Fsp3) is 0.250. The molecular weight excluding hydrogens is 334 g/mol. The van der Waals surface area contributed by atoms with E-state index in [9.17, 15) is 12.6 Å². The molecule has 3 atom stereocenters. The van der Waals surface area contributed by atoms with Crippen LogP contribution >= 0.6 is 0 Å². The Balaban J connectivity index is 1.81. The van der Waals surface area contributed by atoms with Crippen LogP contribution in [-0.2, 0) is 31.9 Å². The fourth-order valence-electron chi connectivity index (χ4n) is 3.16. The Morgan fingerprint density at radius 1 is 1.13 bits per heavy atom. The van der Waals surface area contributed by atoms with E-state index in [1.54, 1.807) is 12.1 Å². The maximum atomic E-state index is 13.0. The highest BCUT2D eigenvalue weighted by atomic mass is 32.3. The summed E-state index contributed by atoms with van der Waals surface area (Å²) in [6.07, 6.45) is 0.181. The molecule has 1 heterocycles. The van der Waals surface area contributed by atoms with Gasteiger partial charge in [-0.1, -0.05) is 45.7 Å². The highest BCUT2D eigenvalue weighted by Crippen LogP contribution is 2.46. The lowest BCUT2D eigenvalue weighted by Crippen LogP contribution is -2.32. The van der Waals surface area contributed by atoms with Gasteiger partial charge in [-0.3, -0.25) is 4.18 Å². The molecule has 3 unspecified atom stereocenters. The van der Waals surface area contributed by atoms with Crippen molar-refractivity contribution in [2.75, 3.05) is 0 Å². The van der Waals surface area contributed by atoms with Crippen molar-refractivity contribution in [1.82, 2.24) is 3.71 Å². The van der Waals surface area contributed by atoms with Crippen molar-refractivity contribution < 1.29 is 16.8 Å². The summed E-state index contributed by atoms with van der Waals surface area (Å²) in [5.41, 5.74) is 2.88. The predicted molar refractivity (Wildman–Crippen MR) is 86.1 cm³/mol. The average molecular weight is 349 g/mol. The minimum Gasteiger partial charge on any atom is -0.272 e. The van der Waals surface area contributed by atoms with Gasteiger partial charge in [0.05, 0.1) is 10.9 Å². The number of sulfonamides is 1.